The topological polar surface area (TPSA) is 116 Å². The fraction of sp³-hybridized carbons (Fsp3) is 0.625. The lowest BCUT2D eigenvalue weighted by Crippen LogP contribution is -2.41. The van der Waals surface area contributed by atoms with E-state index in [1.807, 2.05) is 0 Å². The van der Waals surface area contributed by atoms with Gasteiger partial charge in [-0.25, -0.2) is 9.78 Å². The molecule has 2 aromatic heterocycles. The van der Waals surface area contributed by atoms with Crippen molar-refractivity contribution in [2.75, 3.05) is 13.6 Å². The molecule has 2 heterocycles. The molecule has 0 bridgehead atoms. The van der Waals surface area contributed by atoms with Gasteiger partial charge in [-0.05, 0) is 26.8 Å². The minimum absolute atomic E-state index is 0.0562. The van der Waals surface area contributed by atoms with E-state index < -0.39 is 11.2 Å². The molecule has 2 aromatic rings. The van der Waals surface area contributed by atoms with Gasteiger partial charge >= 0.3 is 5.69 Å². The van der Waals surface area contributed by atoms with Crippen molar-refractivity contribution < 1.29 is 4.79 Å². The molecule has 136 valence electrons. The van der Waals surface area contributed by atoms with Crippen LogP contribution in [0, 0.1) is 0 Å². The predicted octanol–water partition coefficient (Wildman–Crippen LogP) is -0.519. The average molecular weight is 348 g/mol. The molecular weight excluding hydrogens is 324 g/mol. The number of rotatable bonds is 7. The van der Waals surface area contributed by atoms with E-state index >= 15 is 0 Å². The normalized spacial score (nSPS) is 15.7. The standard InChI is InChI=1S/C16H24N6O3/c1-9(21(2)10-4-5-10)8-17-12(23)7-6-11-18-13-14(19-11)22(3)16(25)20-15(13)24/h9-10H,4-8H2,1-3H3,(H,17,23)(H,18,19)(H,20,24,25). The summed E-state index contributed by atoms with van der Waals surface area (Å²) in [5.74, 6) is 0.458. The maximum Gasteiger partial charge on any atom is 0.329 e. The summed E-state index contributed by atoms with van der Waals surface area (Å²) in [6.45, 7) is 2.71. The number of H-pyrrole nitrogens is 2. The summed E-state index contributed by atoms with van der Waals surface area (Å²) in [6.07, 6.45) is 3.12. The van der Waals surface area contributed by atoms with E-state index in [1.54, 1.807) is 0 Å². The van der Waals surface area contributed by atoms with Crippen molar-refractivity contribution in [1.29, 1.82) is 0 Å². The van der Waals surface area contributed by atoms with Crippen LogP contribution in [0.15, 0.2) is 9.59 Å². The summed E-state index contributed by atoms with van der Waals surface area (Å²) in [5.41, 5.74) is -0.471. The zero-order valence-corrected chi connectivity index (χ0v) is 14.8. The number of imidazole rings is 1. The maximum atomic E-state index is 12.0. The number of hydrogen-bond donors (Lipinski definition) is 3. The molecule has 1 amide bonds. The van der Waals surface area contributed by atoms with Crippen molar-refractivity contribution in [2.45, 2.75) is 44.7 Å². The third kappa shape index (κ3) is 3.81. The van der Waals surface area contributed by atoms with E-state index in [0.29, 0.717) is 36.5 Å². The SMILES string of the molecule is CC(CNC(=O)CCc1nc2c([nH]1)c(=O)[nH]c(=O)n2C)N(C)C1CC1. The summed E-state index contributed by atoms with van der Waals surface area (Å²) < 4.78 is 1.27. The number of aromatic nitrogens is 4. The van der Waals surface area contributed by atoms with Crippen LogP contribution >= 0.6 is 0 Å². The summed E-state index contributed by atoms with van der Waals surface area (Å²) >= 11 is 0. The second kappa shape index (κ2) is 6.83. The quantitative estimate of drug-likeness (QED) is 0.623. The number of nitrogens with zero attached hydrogens (tertiary/aromatic N) is 3. The van der Waals surface area contributed by atoms with Crippen molar-refractivity contribution in [3.8, 4) is 0 Å². The van der Waals surface area contributed by atoms with E-state index in [4.69, 9.17) is 0 Å². The lowest BCUT2D eigenvalue weighted by atomic mass is 10.2. The van der Waals surface area contributed by atoms with Crippen LogP contribution in [0.4, 0.5) is 0 Å². The van der Waals surface area contributed by atoms with Gasteiger partial charge < -0.3 is 10.3 Å². The number of fused-ring (bicyclic) bond motifs is 1. The Balaban J connectivity index is 1.56. The van der Waals surface area contributed by atoms with Crippen LogP contribution in [0.3, 0.4) is 0 Å². The van der Waals surface area contributed by atoms with Gasteiger partial charge in [0.2, 0.25) is 5.91 Å². The van der Waals surface area contributed by atoms with E-state index in [0.717, 1.165) is 0 Å². The molecule has 0 aliphatic heterocycles. The van der Waals surface area contributed by atoms with Crippen LogP contribution in [-0.2, 0) is 18.3 Å². The Morgan fingerprint density at radius 3 is 2.80 bits per heavy atom. The van der Waals surface area contributed by atoms with Gasteiger partial charge in [0.15, 0.2) is 5.65 Å². The fourth-order valence-electron chi connectivity index (χ4n) is 2.84. The highest BCUT2D eigenvalue weighted by Gasteiger charge is 2.29. The molecule has 3 N–H and O–H groups in total. The van der Waals surface area contributed by atoms with Gasteiger partial charge in [0.1, 0.15) is 11.3 Å². The van der Waals surface area contributed by atoms with Gasteiger partial charge in [0.25, 0.3) is 5.56 Å². The molecular formula is C16H24N6O3. The van der Waals surface area contributed by atoms with E-state index in [2.05, 4.69) is 39.1 Å². The Morgan fingerprint density at radius 1 is 1.40 bits per heavy atom. The smallest absolute Gasteiger partial charge is 0.329 e. The maximum absolute atomic E-state index is 12.0. The Kier molecular flexibility index (Phi) is 4.76. The van der Waals surface area contributed by atoms with Crippen molar-refractivity contribution in [2.24, 2.45) is 7.05 Å². The number of nitrogens with one attached hydrogen (secondary N) is 3. The second-order valence-electron chi connectivity index (χ2n) is 6.75. The van der Waals surface area contributed by atoms with E-state index in [9.17, 15) is 14.4 Å². The molecule has 1 aliphatic rings. The number of hydrogen-bond acceptors (Lipinski definition) is 5. The summed E-state index contributed by atoms with van der Waals surface area (Å²) in [4.78, 5) is 47.1. The van der Waals surface area contributed by atoms with Gasteiger partial charge in [-0.2, -0.15) is 0 Å². The van der Waals surface area contributed by atoms with Crippen molar-refractivity contribution >= 4 is 17.1 Å². The van der Waals surface area contributed by atoms with Crippen LogP contribution in [0.5, 0.6) is 0 Å². The van der Waals surface area contributed by atoms with Crippen LogP contribution in [0.2, 0.25) is 0 Å². The first-order valence-corrected chi connectivity index (χ1v) is 8.53. The highest BCUT2D eigenvalue weighted by atomic mass is 16.2. The molecule has 25 heavy (non-hydrogen) atoms. The Hall–Kier alpha value is -2.42. The number of carbonyl (C=O) groups is 1. The van der Waals surface area contributed by atoms with Crippen LogP contribution in [-0.4, -0.2) is 56.0 Å². The number of aryl methyl sites for hydroxylation is 2. The number of amides is 1. The Morgan fingerprint density at radius 2 is 2.12 bits per heavy atom. The van der Waals surface area contributed by atoms with Gasteiger partial charge in [-0.1, -0.05) is 0 Å². The minimum Gasteiger partial charge on any atom is -0.355 e. The molecule has 1 atom stereocenters. The zero-order chi connectivity index (χ0) is 18.1. The molecule has 1 unspecified atom stereocenters. The lowest BCUT2D eigenvalue weighted by Gasteiger charge is -2.24. The first kappa shape index (κ1) is 17.4. The van der Waals surface area contributed by atoms with E-state index in [-0.39, 0.29) is 17.8 Å². The van der Waals surface area contributed by atoms with Gasteiger partial charge in [-0.3, -0.25) is 24.0 Å². The minimum atomic E-state index is -0.512. The average Bonchev–Trinajstić information content (AvgIpc) is 3.34. The highest BCUT2D eigenvalue weighted by Crippen LogP contribution is 2.26. The number of carbonyl (C=O) groups excluding carboxylic acids is 1. The highest BCUT2D eigenvalue weighted by molar-refractivity contribution is 5.76. The van der Waals surface area contributed by atoms with Crippen molar-refractivity contribution in [3.05, 3.63) is 26.7 Å². The van der Waals surface area contributed by atoms with Gasteiger partial charge in [-0.15, -0.1) is 0 Å². The molecule has 1 saturated carbocycles. The molecule has 9 nitrogen and oxygen atoms in total. The van der Waals surface area contributed by atoms with Crippen LogP contribution in [0.1, 0.15) is 32.0 Å². The van der Waals surface area contributed by atoms with Crippen LogP contribution in [0.25, 0.3) is 11.2 Å². The molecule has 1 aliphatic carbocycles. The Labute approximate surface area is 144 Å². The zero-order valence-electron chi connectivity index (χ0n) is 14.8. The van der Waals surface area contributed by atoms with Crippen molar-refractivity contribution in [1.82, 2.24) is 29.7 Å². The van der Waals surface area contributed by atoms with E-state index in [1.165, 1.54) is 24.5 Å². The first-order chi connectivity index (χ1) is 11.9. The van der Waals surface area contributed by atoms with Gasteiger partial charge in [0, 0.05) is 38.5 Å². The fourth-order valence-corrected chi connectivity index (χ4v) is 2.84. The molecule has 0 radical (unpaired) electrons. The summed E-state index contributed by atoms with van der Waals surface area (Å²) in [5, 5.41) is 2.94. The Bertz CT molecular complexity index is 891. The largest absolute Gasteiger partial charge is 0.355 e. The van der Waals surface area contributed by atoms with Gasteiger partial charge in [0.05, 0.1) is 0 Å². The third-order valence-corrected chi connectivity index (χ3v) is 4.81. The second-order valence-corrected chi connectivity index (χ2v) is 6.75. The summed E-state index contributed by atoms with van der Waals surface area (Å²) in [6, 6.07) is 0.961. The molecule has 1 fully saturated rings. The summed E-state index contributed by atoms with van der Waals surface area (Å²) in [7, 11) is 3.63. The third-order valence-electron chi connectivity index (χ3n) is 4.81. The molecule has 0 aromatic carbocycles. The molecule has 3 rings (SSSR count). The molecule has 0 saturated heterocycles. The van der Waals surface area contributed by atoms with Crippen LogP contribution < -0.4 is 16.6 Å². The number of likely N-dealkylation sites (N-methyl/N-ethyl adjacent to an activating group) is 1. The molecule has 0 spiro atoms. The first-order valence-electron chi connectivity index (χ1n) is 8.53. The predicted molar refractivity (Wildman–Crippen MR) is 93.5 cm³/mol. The number of aromatic amines is 2. The van der Waals surface area contributed by atoms with Crippen molar-refractivity contribution in [3.63, 3.8) is 0 Å². The lowest BCUT2D eigenvalue weighted by molar-refractivity contribution is -0.121. The monoisotopic (exact) mass is 348 g/mol. The molecule has 9 heteroatoms.